The van der Waals surface area contributed by atoms with Crippen LogP contribution in [-0.2, 0) is 21.5 Å². The Morgan fingerprint density at radius 2 is 1.57 bits per heavy atom. The predicted molar refractivity (Wildman–Crippen MR) is 111 cm³/mol. The van der Waals surface area contributed by atoms with Crippen molar-refractivity contribution in [2.45, 2.75) is 27.4 Å². The summed E-state index contributed by atoms with van der Waals surface area (Å²) < 4.78 is 28.2. The van der Waals surface area contributed by atoms with Gasteiger partial charge in [-0.15, -0.1) is 0 Å². The maximum Gasteiger partial charge on any atom is 0.308 e. The highest BCUT2D eigenvalue weighted by atomic mass is 32.2. The van der Waals surface area contributed by atoms with Gasteiger partial charge in [0.2, 0.25) is 0 Å². The smallest absolute Gasteiger partial charge is 0.308 e. The van der Waals surface area contributed by atoms with Crippen LogP contribution in [0.5, 0.6) is 5.75 Å². The number of allylic oxidation sites excluding steroid dienone is 2. The number of aliphatic hydroxyl groups excluding tert-OH is 1. The Labute approximate surface area is 166 Å². The molecule has 0 radical (unpaired) electrons. The van der Waals surface area contributed by atoms with E-state index in [-0.39, 0.29) is 23.9 Å². The fourth-order valence-corrected chi connectivity index (χ4v) is 3.06. The van der Waals surface area contributed by atoms with Crippen LogP contribution in [0.3, 0.4) is 0 Å². The fraction of sp³-hybridized carbons (Fsp3) is 0.227. The van der Waals surface area contributed by atoms with Crippen LogP contribution in [0.4, 0.5) is 0 Å². The molecular weight excluding hydrogens is 376 g/mol. The first-order valence-corrected chi connectivity index (χ1v) is 10.4. The molecule has 6 heteroatoms. The number of hydrogen-bond acceptors (Lipinski definition) is 5. The average molecular weight is 400 g/mol. The van der Waals surface area contributed by atoms with Gasteiger partial charge in [-0.05, 0) is 72.9 Å². The molecule has 2 aromatic rings. The van der Waals surface area contributed by atoms with Crippen molar-refractivity contribution in [2.24, 2.45) is 0 Å². The van der Waals surface area contributed by atoms with E-state index < -0.39 is 10.1 Å². The molecule has 0 saturated heterocycles. The lowest BCUT2D eigenvalue weighted by atomic mass is 10.0. The van der Waals surface area contributed by atoms with Crippen LogP contribution in [-0.4, -0.2) is 25.1 Å². The summed E-state index contributed by atoms with van der Waals surface area (Å²) in [5.74, 6) is 0.0133. The number of carbonyl (C=O) groups excluding carboxylic acids is 1. The van der Waals surface area contributed by atoms with Gasteiger partial charge in [0, 0.05) is 0 Å². The highest BCUT2D eigenvalue weighted by Crippen LogP contribution is 2.21. The highest BCUT2D eigenvalue weighted by Gasteiger charge is 2.11. The van der Waals surface area contributed by atoms with Crippen molar-refractivity contribution < 1.29 is 22.5 Å². The molecular formula is C22H24O5S. The van der Waals surface area contributed by atoms with Crippen molar-refractivity contribution in [1.29, 1.82) is 0 Å². The lowest BCUT2D eigenvalue weighted by Crippen LogP contribution is -2.12. The van der Waals surface area contributed by atoms with Crippen LogP contribution in [0.2, 0.25) is 0 Å². The normalized spacial score (nSPS) is 12.0. The van der Waals surface area contributed by atoms with Gasteiger partial charge in [-0.1, -0.05) is 36.4 Å². The standard InChI is InChI=1S/C22H24O5S/c1-4-28(25,26)27-22-12-8-19(14-17(22)3)7-11-21(24)10-6-18-5-9-20(15-23)16(2)13-18/h5-14,23H,4,15H2,1-3H3/b10-6+,11-7+. The number of aryl methyl sites for hydroxylation is 2. The first-order chi connectivity index (χ1) is 13.2. The third-order valence-electron chi connectivity index (χ3n) is 4.19. The van der Waals surface area contributed by atoms with Gasteiger partial charge in [0.15, 0.2) is 5.78 Å². The van der Waals surface area contributed by atoms with E-state index >= 15 is 0 Å². The Morgan fingerprint density at radius 1 is 1.00 bits per heavy atom. The number of aliphatic hydroxyl groups is 1. The Morgan fingerprint density at radius 3 is 2.07 bits per heavy atom. The van der Waals surface area contributed by atoms with Crippen LogP contribution < -0.4 is 4.18 Å². The summed E-state index contributed by atoms with van der Waals surface area (Å²) in [4.78, 5) is 12.1. The minimum Gasteiger partial charge on any atom is -0.392 e. The third-order valence-corrected chi connectivity index (χ3v) is 5.33. The summed E-state index contributed by atoms with van der Waals surface area (Å²) in [5, 5.41) is 9.19. The lowest BCUT2D eigenvalue weighted by molar-refractivity contribution is -0.110. The van der Waals surface area contributed by atoms with Gasteiger partial charge in [-0.25, -0.2) is 0 Å². The Kier molecular flexibility index (Phi) is 7.31. The Balaban J connectivity index is 2.05. The Bertz CT molecular complexity index is 1020. The van der Waals surface area contributed by atoms with Crippen LogP contribution in [0.25, 0.3) is 12.2 Å². The summed E-state index contributed by atoms with van der Waals surface area (Å²) in [6.07, 6.45) is 6.31. The molecule has 0 aliphatic heterocycles. The number of hydrogen-bond donors (Lipinski definition) is 1. The van der Waals surface area contributed by atoms with Crippen LogP contribution in [0.15, 0.2) is 48.6 Å². The summed E-state index contributed by atoms with van der Waals surface area (Å²) in [6.45, 7) is 5.17. The lowest BCUT2D eigenvalue weighted by Gasteiger charge is -2.08. The van der Waals surface area contributed by atoms with Crippen molar-refractivity contribution in [3.63, 3.8) is 0 Å². The van der Waals surface area contributed by atoms with Gasteiger partial charge in [0.05, 0.1) is 12.4 Å². The molecule has 0 atom stereocenters. The topological polar surface area (TPSA) is 80.7 Å². The van der Waals surface area contributed by atoms with Gasteiger partial charge in [-0.3, -0.25) is 4.79 Å². The zero-order valence-corrected chi connectivity index (χ0v) is 17.0. The summed E-state index contributed by atoms with van der Waals surface area (Å²) >= 11 is 0. The third kappa shape index (κ3) is 6.18. The predicted octanol–water partition coefficient (Wildman–Crippen LogP) is 3.82. The zero-order valence-electron chi connectivity index (χ0n) is 16.2. The maximum atomic E-state index is 12.1. The van der Waals surface area contributed by atoms with E-state index in [9.17, 15) is 18.3 Å². The number of carbonyl (C=O) groups is 1. The number of rotatable bonds is 8. The van der Waals surface area contributed by atoms with E-state index in [4.69, 9.17) is 4.18 Å². The van der Waals surface area contributed by atoms with E-state index in [1.165, 1.54) is 19.1 Å². The van der Waals surface area contributed by atoms with Gasteiger partial charge >= 0.3 is 10.1 Å². The SMILES string of the molecule is CCS(=O)(=O)Oc1ccc(/C=C/C(=O)/C=C/c2ccc(CO)c(C)c2)cc1C. The minimum atomic E-state index is -3.57. The first-order valence-electron chi connectivity index (χ1n) is 8.87. The number of ketones is 1. The average Bonchev–Trinajstić information content (AvgIpc) is 2.66. The molecule has 0 bridgehead atoms. The summed E-state index contributed by atoms with van der Waals surface area (Å²) in [5.41, 5.74) is 4.14. The van der Waals surface area contributed by atoms with Gasteiger partial charge in [0.1, 0.15) is 5.75 Å². The Hall–Kier alpha value is -2.70. The molecule has 2 aromatic carbocycles. The van der Waals surface area contributed by atoms with E-state index in [0.29, 0.717) is 5.56 Å². The van der Waals surface area contributed by atoms with Crippen LogP contribution in [0.1, 0.15) is 34.7 Å². The largest absolute Gasteiger partial charge is 0.392 e. The molecule has 0 aliphatic carbocycles. The quantitative estimate of drug-likeness (QED) is 0.538. The van der Waals surface area contributed by atoms with E-state index in [0.717, 1.165) is 22.3 Å². The molecule has 0 heterocycles. The molecule has 148 valence electrons. The monoisotopic (exact) mass is 400 g/mol. The van der Waals surface area contributed by atoms with Crippen molar-refractivity contribution in [3.05, 3.63) is 76.4 Å². The highest BCUT2D eigenvalue weighted by molar-refractivity contribution is 7.87. The zero-order chi connectivity index (χ0) is 20.7. The molecule has 2 rings (SSSR count). The van der Waals surface area contributed by atoms with Crippen molar-refractivity contribution in [2.75, 3.05) is 5.75 Å². The first kappa shape index (κ1) is 21.6. The fourth-order valence-electron chi connectivity index (χ4n) is 2.48. The molecule has 0 fully saturated rings. The van der Waals surface area contributed by atoms with E-state index in [1.807, 2.05) is 25.1 Å². The molecule has 0 amide bonds. The van der Waals surface area contributed by atoms with Crippen LogP contribution >= 0.6 is 0 Å². The summed E-state index contributed by atoms with van der Waals surface area (Å²) in [6, 6.07) is 10.6. The van der Waals surface area contributed by atoms with E-state index in [1.54, 1.807) is 37.3 Å². The molecule has 1 N–H and O–H groups in total. The molecule has 0 aliphatic rings. The minimum absolute atomic E-state index is 0.00881. The van der Waals surface area contributed by atoms with Crippen LogP contribution in [0, 0.1) is 13.8 Å². The second kappa shape index (κ2) is 9.48. The number of benzene rings is 2. The molecule has 0 spiro atoms. The molecule has 28 heavy (non-hydrogen) atoms. The van der Waals surface area contributed by atoms with Gasteiger partial charge in [0.25, 0.3) is 0 Å². The maximum absolute atomic E-state index is 12.1. The van der Waals surface area contributed by atoms with Crippen molar-refractivity contribution in [3.8, 4) is 5.75 Å². The molecule has 0 saturated carbocycles. The molecule has 0 unspecified atom stereocenters. The van der Waals surface area contributed by atoms with Gasteiger partial charge in [-0.2, -0.15) is 8.42 Å². The van der Waals surface area contributed by atoms with Gasteiger partial charge < -0.3 is 9.29 Å². The second-order valence-corrected chi connectivity index (χ2v) is 8.23. The van der Waals surface area contributed by atoms with E-state index in [2.05, 4.69) is 0 Å². The second-order valence-electron chi connectivity index (χ2n) is 6.37. The summed E-state index contributed by atoms with van der Waals surface area (Å²) in [7, 11) is -3.57. The molecule has 0 aromatic heterocycles. The van der Waals surface area contributed by atoms with Crippen molar-refractivity contribution in [1.82, 2.24) is 0 Å². The molecule has 5 nitrogen and oxygen atoms in total. The van der Waals surface area contributed by atoms with Crippen molar-refractivity contribution >= 4 is 28.1 Å².